The lowest BCUT2D eigenvalue weighted by molar-refractivity contribution is -0.131. The van der Waals surface area contributed by atoms with E-state index in [0.717, 1.165) is 18.4 Å². The van der Waals surface area contributed by atoms with Crippen LogP contribution < -0.4 is 4.74 Å². The molecule has 138 valence electrons. The van der Waals surface area contributed by atoms with E-state index in [-0.39, 0.29) is 35.8 Å². The van der Waals surface area contributed by atoms with Gasteiger partial charge in [-0.15, -0.1) is 0 Å². The number of benzene rings is 1. The van der Waals surface area contributed by atoms with Crippen LogP contribution in [0.3, 0.4) is 0 Å². The van der Waals surface area contributed by atoms with E-state index in [9.17, 15) is 14.7 Å². The molecular weight excluding hydrogens is 334 g/mol. The first-order chi connectivity index (χ1) is 12.4. The van der Waals surface area contributed by atoms with Gasteiger partial charge < -0.3 is 20.0 Å². The SMILES string of the molecule is CC(=O)Oc1cc(O)c2c(c1)CC(=N)/C=C(\C)CC/C=C/CCOC2=O. The number of carbonyl (C=O) groups excluding carboxylic acids is 2. The van der Waals surface area contributed by atoms with Crippen molar-refractivity contribution in [2.75, 3.05) is 6.61 Å². The molecular formula is C20H23NO5. The summed E-state index contributed by atoms with van der Waals surface area (Å²) in [6.45, 7) is 3.40. The molecule has 0 spiro atoms. The van der Waals surface area contributed by atoms with Crippen molar-refractivity contribution in [1.82, 2.24) is 0 Å². The van der Waals surface area contributed by atoms with Gasteiger partial charge in [0.05, 0.1) is 6.61 Å². The summed E-state index contributed by atoms with van der Waals surface area (Å²) in [5.41, 5.74) is 1.73. The predicted octanol–water partition coefficient (Wildman–Crippen LogP) is 3.72. The number of nitrogens with one attached hydrogen (secondary N) is 1. The number of phenols is 1. The standard InChI is InChI=1S/C20H23NO5/c1-13-7-5-3-4-6-8-25-20(24)19-15(10-16(21)9-13)11-17(12-18(19)23)26-14(2)22/h3-4,9,11-12,21,23H,5-8,10H2,1-2H3/b4-3+,13-9+,21-16?. The first-order valence-corrected chi connectivity index (χ1v) is 8.48. The fraction of sp³-hybridized carbons (Fsp3) is 0.350. The highest BCUT2D eigenvalue weighted by molar-refractivity contribution is 5.99. The van der Waals surface area contributed by atoms with Crippen LogP contribution in [0.25, 0.3) is 0 Å². The van der Waals surface area contributed by atoms with Crippen molar-refractivity contribution in [1.29, 1.82) is 5.41 Å². The van der Waals surface area contributed by atoms with E-state index in [0.29, 0.717) is 12.0 Å². The van der Waals surface area contributed by atoms with Crippen molar-refractivity contribution in [2.24, 2.45) is 0 Å². The van der Waals surface area contributed by atoms with Crippen molar-refractivity contribution < 1.29 is 24.2 Å². The smallest absolute Gasteiger partial charge is 0.342 e. The van der Waals surface area contributed by atoms with Gasteiger partial charge in [0, 0.05) is 25.1 Å². The maximum atomic E-state index is 12.4. The van der Waals surface area contributed by atoms with E-state index in [1.807, 2.05) is 19.1 Å². The third kappa shape index (κ3) is 5.58. The molecule has 0 aliphatic carbocycles. The van der Waals surface area contributed by atoms with Crippen LogP contribution in [-0.2, 0) is 16.0 Å². The van der Waals surface area contributed by atoms with Gasteiger partial charge in [-0.05, 0) is 43.9 Å². The Morgan fingerprint density at radius 2 is 2.00 bits per heavy atom. The Morgan fingerprint density at radius 1 is 1.27 bits per heavy atom. The van der Waals surface area contributed by atoms with Crippen LogP contribution >= 0.6 is 0 Å². The summed E-state index contributed by atoms with van der Waals surface area (Å²) >= 11 is 0. The highest BCUT2D eigenvalue weighted by Crippen LogP contribution is 2.30. The molecule has 1 aromatic carbocycles. The van der Waals surface area contributed by atoms with Gasteiger partial charge in [-0.3, -0.25) is 4.79 Å². The Labute approximate surface area is 152 Å². The molecule has 0 unspecified atom stereocenters. The molecule has 1 aliphatic heterocycles. The molecule has 6 heteroatoms. The predicted molar refractivity (Wildman–Crippen MR) is 97.9 cm³/mol. The van der Waals surface area contributed by atoms with Crippen LogP contribution in [-0.4, -0.2) is 29.4 Å². The van der Waals surface area contributed by atoms with Gasteiger partial charge in [0.25, 0.3) is 0 Å². The van der Waals surface area contributed by atoms with Crippen LogP contribution in [0.4, 0.5) is 0 Å². The lowest BCUT2D eigenvalue weighted by Crippen LogP contribution is -2.13. The molecule has 0 saturated heterocycles. The number of aromatic hydroxyl groups is 1. The van der Waals surface area contributed by atoms with E-state index < -0.39 is 11.9 Å². The van der Waals surface area contributed by atoms with Crippen molar-refractivity contribution >= 4 is 17.7 Å². The normalized spacial score (nSPS) is 19.4. The number of allylic oxidation sites excluding steroid dienone is 3. The number of ether oxygens (including phenoxy) is 2. The van der Waals surface area contributed by atoms with Gasteiger partial charge in [-0.1, -0.05) is 17.7 Å². The van der Waals surface area contributed by atoms with Gasteiger partial charge in [0.2, 0.25) is 0 Å². The van der Waals surface area contributed by atoms with E-state index in [4.69, 9.17) is 14.9 Å². The summed E-state index contributed by atoms with van der Waals surface area (Å²) < 4.78 is 10.2. The number of carbonyl (C=O) groups is 2. The van der Waals surface area contributed by atoms with E-state index in [1.54, 1.807) is 6.08 Å². The Hall–Kier alpha value is -2.89. The molecule has 6 nitrogen and oxygen atoms in total. The highest BCUT2D eigenvalue weighted by Gasteiger charge is 2.21. The minimum absolute atomic E-state index is 0.00209. The minimum Gasteiger partial charge on any atom is -0.507 e. The first kappa shape index (κ1) is 19.4. The summed E-state index contributed by atoms with van der Waals surface area (Å²) in [7, 11) is 0. The molecule has 0 radical (unpaired) electrons. The van der Waals surface area contributed by atoms with Gasteiger partial charge in [-0.2, -0.15) is 0 Å². The minimum atomic E-state index is -0.661. The van der Waals surface area contributed by atoms with Gasteiger partial charge >= 0.3 is 11.9 Å². The Kier molecular flexibility index (Phi) is 6.72. The molecule has 26 heavy (non-hydrogen) atoms. The highest BCUT2D eigenvalue weighted by atomic mass is 16.5. The van der Waals surface area contributed by atoms with Crippen molar-refractivity contribution in [3.05, 3.63) is 47.1 Å². The molecule has 0 aromatic heterocycles. The second-order valence-electron chi connectivity index (χ2n) is 6.20. The molecule has 1 aliphatic rings. The largest absolute Gasteiger partial charge is 0.507 e. The summed E-state index contributed by atoms with van der Waals surface area (Å²) in [6, 6.07) is 2.69. The maximum Gasteiger partial charge on any atom is 0.342 e. The number of cyclic esters (lactones) is 1. The van der Waals surface area contributed by atoms with Gasteiger partial charge in [-0.25, -0.2) is 4.79 Å². The monoisotopic (exact) mass is 357 g/mol. The van der Waals surface area contributed by atoms with Crippen molar-refractivity contribution in [3.8, 4) is 11.5 Å². The quantitative estimate of drug-likeness (QED) is 0.453. The van der Waals surface area contributed by atoms with Crippen molar-refractivity contribution in [3.63, 3.8) is 0 Å². The van der Waals surface area contributed by atoms with Gasteiger partial charge in [0.15, 0.2) is 0 Å². The van der Waals surface area contributed by atoms with E-state index in [1.165, 1.54) is 19.1 Å². The Balaban J connectivity index is 2.44. The average molecular weight is 357 g/mol. The van der Waals surface area contributed by atoms with Gasteiger partial charge in [0.1, 0.15) is 17.1 Å². The first-order valence-electron chi connectivity index (χ1n) is 8.48. The summed E-state index contributed by atoms with van der Waals surface area (Å²) in [5.74, 6) is -1.41. The zero-order chi connectivity index (χ0) is 19.1. The third-order valence-corrected chi connectivity index (χ3v) is 3.83. The fourth-order valence-electron chi connectivity index (χ4n) is 2.72. The zero-order valence-corrected chi connectivity index (χ0v) is 15.0. The van der Waals surface area contributed by atoms with Crippen LogP contribution in [0.2, 0.25) is 0 Å². The summed E-state index contributed by atoms with van der Waals surface area (Å²) in [5, 5.41) is 18.5. The van der Waals surface area contributed by atoms with Crippen LogP contribution in [0.5, 0.6) is 11.5 Å². The number of hydrogen-bond donors (Lipinski definition) is 2. The molecule has 0 amide bonds. The molecule has 0 bridgehead atoms. The molecule has 1 heterocycles. The molecule has 2 rings (SSSR count). The van der Waals surface area contributed by atoms with Crippen LogP contribution in [0, 0.1) is 5.41 Å². The topological polar surface area (TPSA) is 96.7 Å². The Morgan fingerprint density at radius 3 is 2.73 bits per heavy atom. The molecule has 0 atom stereocenters. The molecule has 1 aromatic rings. The maximum absolute atomic E-state index is 12.4. The molecule has 0 fully saturated rings. The lowest BCUT2D eigenvalue weighted by atomic mass is 9.98. The lowest BCUT2D eigenvalue weighted by Gasteiger charge is -2.13. The number of rotatable bonds is 1. The van der Waals surface area contributed by atoms with Crippen LogP contribution in [0.15, 0.2) is 35.9 Å². The summed E-state index contributed by atoms with van der Waals surface area (Å²) in [6.07, 6.45) is 8.12. The molecule has 0 saturated carbocycles. The Bertz CT molecular complexity index is 777. The number of phenolic OH excluding ortho intramolecular Hbond substituents is 1. The zero-order valence-electron chi connectivity index (χ0n) is 15.0. The third-order valence-electron chi connectivity index (χ3n) is 3.83. The molecule has 2 N–H and O–H groups in total. The average Bonchev–Trinajstić information content (AvgIpc) is 2.51. The van der Waals surface area contributed by atoms with Crippen molar-refractivity contribution in [2.45, 2.75) is 39.5 Å². The number of hydrogen-bond acceptors (Lipinski definition) is 6. The number of esters is 2. The van der Waals surface area contributed by atoms with Crippen LogP contribution in [0.1, 0.15) is 49.0 Å². The second-order valence-corrected chi connectivity index (χ2v) is 6.20. The van der Waals surface area contributed by atoms with E-state index in [2.05, 4.69) is 0 Å². The number of fused-ring (bicyclic) bond motifs is 1. The fourth-order valence-corrected chi connectivity index (χ4v) is 2.72. The second kappa shape index (κ2) is 8.99. The summed E-state index contributed by atoms with van der Waals surface area (Å²) in [4.78, 5) is 23.6. The van der Waals surface area contributed by atoms with E-state index >= 15 is 0 Å².